The van der Waals surface area contributed by atoms with Gasteiger partial charge in [-0.15, -0.1) is 11.3 Å². The van der Waals surface area contributed by atoms with Gasteiger partial charge in [0.25, 0.3) is 5.91 Å². The monoisotopic (exact) mass is 294 g/mol. The number of aromatic nitrogens is 1. The smallest absolute Gasteiger partial charge is 0.434 e. The number of carbonyl (C=O) groups excluding carboxylic acids is 1. The molecule has 0 spiro atoms. The summed E-state index contributed by atoms with van der Waals surface area (Å²) < 4.78 is 37.9. The number of rotatable bonds is 2. The fourth-order valence-corrected chi connectivity index (χ4v) is 2.76. The van der Waals surface area contributed by atoms with E-state index >= 15 is 0 Å². The molecule has 0 radical (unpaired) electrons. The van der Waals surface area contributed by atoms with Gasteiger partial charge in [0.05, 0.1) is 5.51 Å². The van der Waals surface area contributed by atoms with Crippen molar-refractivity contribution in [3.05, 3.63) is 16.1 Å². The number of carbonyl (C=O) groups is 2. The number of carboxylic acid groups (broad SMARTS) is 1. The molecule has 1 aliphatic rings. The molecule has 9 heteroatoms. The minimum Gasteiger partial charge on any atom is -0.480 e. The first-order chi connectivity index (χ1) is 8.82. The van der Waals surface area contributed by atoms with Gasteiger partial charge in [-0.05, 0) is 12.8 Å². The zero-order valence-electron chi connectivity index (χ0n) is 9.48. The zero-order chi connectivity index (χ0) is 14.2. The first kappa shape index (κ1) is 13.8. The molecule has 1 unspecified atom stereocenters. The van der Waals surface area contributed by atoms with Gasteiger partial charge in [0.1, 0.15) is 10.9 Å². The maximum Gasteiger partial charge on any atom is 0.434 e. The molecule has 104 valence electrons. The van der Waals surface area contributed by atoms with Gasteiger partial charge in [-0.3, -0.25) is 4.79 Å². The van der Waals surface area contributed by atoms with Crippen LogP contribution in [-0.2, 0) is 11.0 Å². The van der Waals surface area contributed by atoms with Crippen molar-refractivity contribution < 1.29 is 27.9 Å². The maximum absolute atomic E-state index is 12.6. The van der Waals surface area contributed by atoms with Gasteiger partial charge < -0.3 is 10.0 Å². The third-order valence-corrected chi connectivity index (χ3v) is 3.64. The second-order valence-electron chi connectivity index (χ2n) is 4.02. The zero-order valence-corrected chi connectivity index (χ0v) is 10.3. The minimum absolute atomic E-state index is 0.144. The summed E-state index contributed by atoms with van der Waals surface area (Å²) >= 11 is 0.570. The van der Waals surface area contributed by atoms with Gasteiger partial charge >= 0.3 is 12.1 Å². The molecule has 1 aliphatic heterocycles. The van der Waals surface area contributed by atoms with Gasteiger partial charge in [0.2, 0.25) is 0 Å². The predicted molar refractivity (Wildman–Crippen MR) is 58.8 cm³/mol. The molecule has 2 rings (SSSR count). The maximum atomic E-state index is 12.6. The Hall–Kier alpha value is -1.64. The highest BCUT2D eigenvalue weighted by Gasteiger charge is 2.42. The molecule has 1 amide bonds. The summed E-state index contributed by atoms with van der Waals surface area (Å²) in [5.74, 6) is -2.12. The Morgan fingerprint density at radius 3 is 2.74 bits per heavy atom. The summed E-state index contributed by atoms with van der Waals surface area (Å²) in [6.07, 6.45) is -4.01. The molecule has 19 heavy (non-hydrogen) atoms. The van der Waals surface area contributed by atoms with E-state index < -0.39 is 34.7 Å². The van der Waals surface area contributed by atoms with Crippen LogP contribution in [0.1, 0.15) is 28.2 Å². The standard InChI is InChI=1S/C10H9F3N2O3S/c11-10(12,13)7-6(19-4-14-7)8(16)15-3-1-2-5(15)9(17)18/h4-5H,1-3H2,(H,17,18). The summed E-state index contributed by atoms with van der Waals surface area (Å²) in [6, 6.07) is -1.06. The molecule has 5 nitrogen and oxygen atoms in total. The number of aliphatic carboxylic acids is 1. The first-order valence-electron chi connectivity index (χ1n) is 5.37. The van der Waals surface area contributed by atoms with E-state index in [1.54, 1.807) is 0 Å². The van der Waals surface area contributed by atoms with Crippen LogP contribution >= 0.6 is 11.3 Å². The largest absolute Gasteiger partial charge is 0.480 e. The van der Waals surface area contributed by atoms with Crippen LogP contribution in [0.4, 0.5) is 13.2 Å². The normalized spacial score (nSPS) is 19.7. The Morgan fingerprint density at radius 1 is 1.47 bits per heavy atom. The number of nitrogens with zero attached hydrogens (tertiary/aromatic N) is 2. The molecule has 1 fully saturated rings. The van der Waals surface area contributed by atoms with E-state index in [0.29, 0.717) is 17.8 Å². The Labute approximate surface area is 109 Å². The fourth-order valence-electron chi connectivity index (χ4n) is 2.00. The van der Waals surface area contributed by atoms with Crippen LogP contribution in [0.25, 0.3) is 0 Å². The van der Waals surface area contributed by atoms with Crippen LogP contribution < -0.4 is 0 Å². The van der Waals surface area contributed by atoms with Crippen LogP contribution in [0.2, 0.25) is 0 Å². The molecular weight excluding hydrogens is 285 g/mol. The van der Waals surface area contributed by atoms with Crippen LogP contribution in [0.15, 0.2) is 5.51 Å². The lowest BCUT2D eigenvalue weighted by Crippen LogP contribution is -2.40. The Morgan fingerprint density at radius 2 is 2.16 bits per heavy atom. The molecule has 1 atom stereocenters. The number of hydrogen-bond acceptors (Lipinski definition) is 4. The van der Waals surface area contributed by atoms with Crippen molar-refractivity contribution >= 4 is 23.2 Å². The van der Waals surface area contributed by atoms with Crippen LogP contribution in [0.3, 0.4) is 0 Å². The number of halogens is 3. The highest BCUT2D eigenvalue weighted by atomic mass is 32.1. The van der Waals surface area contributed by atoms with E-state index in [0.717, 1.165) is 10.4 Å². The number of likely N-dealkylation sites (tertiary alicyclic amines) is 1. The third-order valence-electron chi connectivity index (χ3n) is 2.83. The van der Waals surface area contributed by atoms with Gasteiger partial charge in [-0.2, -0.15) is 13.2 Å². The van der Waals surface area contributed by atoms with Crippen molar-refractivity contribution in [1.82, 2.24) is 9.88 Å². The van der Waals surface area contributed by atoms with Crippen molar-refractivity contribution in [2.75, 3.05) is 6.54 Å². The Balaban J connectivity index is 2.30. The van der Waals surface area contributed by atoms with Crippen molar-refractivity contribution in [1.29, 1.82) is 0 Å². The molecule has 0 aliphatic carbocycles. The SMILES string of the molecule is O=C(O)C1CCCN1C(=O)c1scnc1C(F)(F)F. The minimum atomic E-state index is -4.72. The average Bonchev–Trinajstić information content (AvgIpc) is 2.96. The van der Waals surface area contributed by atoms with Gasteiger partial charge in [0, 0.05) is 6.54 Å². The number of hydrogen-bond donors (Lipinski definition) is 1. The van der Waals surface area contributed by atoms with Crippen molar-refractivity contribution in [3.8, 4) is 0 Å². The lowest BCUT2D eigenvalue weighted by Gasteiger charge is -2.21. The quantitative estimate of drug-likeness (QED) is 0.903. The van der Waals surface area contributed by atoms with Crippen LogP contribution in [-0.4, -0.2) is 39.5 Å². The highest BCUT2D eigenvalue weighted by Crippen LogP contribution is 2.34. The second-order valence-corrected chi connectivity index (χ2v) is 4.88. The van der Waals surface area contributed by atoms with E-state index in [4.69, 9.17) is 5.11 Å². The molecular formula is C10H9F3N2O3S. The lowest BCUT2D eigenvalue weighted by atomic mass is 10.2. The molecule has 1 aromatic rings. The predicted octanol–water partition coefficient (Wildman–Crippen LogP) is 1.85. The molecule has 2 heterocycles. The molecule has 0 bridgehead atoms. The summed E-state index contributed by atoms with van der Waals surface area (Å²) in [4.78, 5) is 26.5. The van der Waals surface area contributed by atoms with Gasteiger partial charge in [-0.1, -0.05) is 0 Å². The second kappa shape index (κ2) is 4.80. The van der Waals surface area contributed by atoms with Gasteiger partial charge in [-0.25, -0.2) is 9.78 Å². The molecule has 0 saturated carbocycles. The van der Waals surface area contributed by atoms with Crippen molar-refractivity contribution in [2.45, 2.75) is 25.1 Å². The highest BCUT2D eigenvalue weighted by molar-refractivity contribution is 7.11. The topological polar surface area (TPSA) is 70.5 Å². The Kier molecular flexibility index (Phi) is 3.48. The molecule has 1 saturated heterocycles. The Bertz CT molecular complexity index is 514. The average molecular weight is 294 g/mol. The van der Waals surface area contributed by atoms with Crippen LogP contribution in [0.5, 0.6) is 0 Å². The van der Waals surface area contributed by atoms with Crippen LogP contribution in [0, 0.1) is 0 Å². The third kappa shape index (κ3) is 2.55. The summed E-state index contributed by atoms with van der Waals surface area (Å²) in [5, 5.41) is 8.93. The number of carboxylic acids is 1. The van der Waals surface area contributed by atoms with E-state index in [-0.39, 0.29) is 13.0 Å². The first-order valence-corrected chi connectivity index (χ1v) is 6.25. The van der Waals surface area contributed by atoms with E-state index in [2.05, 4.69) is 4.98 Å². The summed E-state index contributed by atoms with van der Waals surface area (Å²) in [6.45, 7) is 0.144. The number of alkyl halides is 3. The van der Waals surface area contributed by atoms with E-state index in [1.807, 2.05) is 0 Å². The summed E-state index contributed by atoms with van der Waals surface area (Å²) in [5.41, 5.74) is -0.319. The fraction of sp³-hybridized carbons (Fsp3) is 0.500. The van der Waals surface area contributed by atoms with E-state index in [1.165, 1.54) is 0 Å². The molecule has 0 aromatic carbocycles. The van der Waals surface area contributed by atoms with E-state index in [9.17, 15) is 22.8 Å². The van der Waals surface area contributed by atoms with Gasteiger partial charge in [0.15, 0.2) is 5.69 Å². The molecule has 1 aromatic heterocycles. The number of amides is 1. The molecule has 1 N–H and O–H groups in total. The lowest BCUT2D eigenvalue weighted by molar-refractivity contribution is -0.141. The van der Waals surface area contributed by atoms with Crippen molar-refractivity contribution in [3.63, 3.8) is 0 Å². The van der Waals surface area contributed by atoms with Crippen molar-refractivity contribution in [2.24, 2.45) is 0 Å². The summed E-state index contributed by atoms with van der Waals surface area (Å²) in [7, 11) is 0. The number of thiazole rings is 1.